The van der Waals surface area contributed by atoms with Gasteiger partial charge in [-0.15, -0.1) is 45.3 Å². The minimum absolute atomic E-state index is 0.216. The Morgan fingerprint density at radius 3 is 1.42 bits per heavy atom. The third-order valence-corrected chi connectivity index (χ3v) is 13.6. The van der Waals surface area contributed by atoms with Crippen LogP contribution in [0.3, 0.4) is 0 Å². The van der Waals surface area contributed by atoms with E-state index in [1.54, 1.807) is 69.2 Å². The number of fused-ring (bicyclic) bond motifs is 2. The van der Waals surface area contributed by atoms with Gasteiger partial charge in [-0.05, 0) is 95.4 Å². The molecular formula is C42H28N4O2S4. The summed E-state index contributed by atoms with van der Waals surface area (Å²) in [6, 6.07) is 28.6. The summed E-state index contributed by atoms with van der Waals surface area (Å²) in [4.78, 5) is 37.1. The van der Waals surface area contributed by atoms with Gasteiger partial charge in [0.25, 0.3) is 11.8 Å². The highest BCUT2D eigenvalue weighted by atomic mass is 32.1. The number of rotatable bonds is 6. The molecule has 6 heterocycles. The minimum Gasteiger partial charge on any atom is -0.311 e. The molecule has 252 valence electrons. The van der Waals surface area contributed by atoms with Gasteiger partial charge in [-0.3, -0.25) is 9.59 Å². The monoisotopic (exact) mass is 748 g/mol. The van der Waals surface area contributed by atoms with Crippen LogP contribution in [0.4, 0.5) is 11.4 Å². The zero-order valence-corrected chi connectivity index (χ0v) is 31.7. The number of thiophene rings is 4. The molecule has 6 nitrogen and oxygen atoms in total. The van der Waals surface area contributed by atoms with E-state index in [0.717, 1.165) is 74.0 Å². The summed E-state index contributed by atoms with van der Waals surface area (Å²) < 4.78 is 0. The predicted molar refractivity (Wildman–Crippen MR) is 218 cm³/mol. The van der Waals surface area contributed by atoms with Gasteiger partial charge in [0, 0.05) is 54.5 Å². The second kappa shape index (κ2) is 13.2. The first-order valence-electron chi connectivity index (χ1n) is 16.3. The number of carbonyl (C=O) groups is 2. The van der Waals surface area contributed by atoms with E-state index < -0.39 is 0 Å². The van der Waals surface area contributed by atoms with E-state index in [4.69, 9.17) is 0 Å². The van der Waals surface area contributed by atoms with Crippen LogP contribution in [0, 0.1) is 36.5 Å². The number of aryl methyl sites for hydroxylation is 2. The summed E-state index contributed by atoms with van der Waals surface area (Å²) in [7, 11) is 3.51. The lowest BCUT2D eigenvalue weighted by Crippen LogP contribution is -2.24. The Hall–Kier alpha value is -5.62. The number of carbonyl (C=O) groups excluding carboxylic acids is 2. The van der Waals surface area contributed by atoms with Gasteiger partial charge in [-0.1, -0.05) is 36.4 Å². The molecule has 0 unspecified atom stereocenters. The number of allylic oxidation sites excluding steroid dienone is 2. The fraction of sp³-hybridized carbons (Fsp3) is 0.0952. The molecule has 0 fully saturated rings. The van der Waals surface area contributed by atoms with Crippen molar-refractivity contribution in [2.24, 2.45) is 0 Å². The quantitative estimate of drug-likeness (QED) is 0.125. The Balaban J connectivity index is 1.15. The maximum atomic E-state index is 14.0. The average Bonchev–Trinajstić information content (AvgIpc) is 4.01. The van der Waals surface area contributed by atoms with Crippen molar-refractivity contribution in [3.05, 3.63) is 125 Å². The second-order valence-corrected chi connectivity index (χ2v) is 16.6. The first-order chi connectivity index (χ1) is 25.2. The summed E-state index contributed by atoms with van der Waals surface area (Å²) in [6.07, 6.45) is 3.85. The van der Waals surface area contributed by atoms with Gasteiger partial charge in [0.15, 0.2) is 0 Å². The molecule has 10 heteroatoms. The Labute approximate surface area is 317 Å². The van der Waals surface area contributed by atoms with Crippen molar-refractivity contribution in [3.8, 4) is 33.0 Å². The van der Waals surface area contributed by atoms with Crippen LogP contribution in [-0.2, 0) is 9.59 Å². The smallest absolute Gasteiger partial charge is 0.259 e. The number of nitriles is 2. The van der Waals surface area contributed by atoms with Gasteiger partial charge in [0.05, 0.1) is 33.7 Å². The first-order valence-corrected chi connectivity index (χ1v) is 19.7. The SMILES string of the molecule is Cc1cc(/C=C(\C#N)c2cccs2)sc1-c1ccc2c(c1)N(C)C(=O)/C2=C1/C(=O)N(C)c2cc(-c3sc(/C=C(\C#N)c4cccs4)cc3C)ccc21. The normalized spacial score (nSPS) is 15.7. The molecule has 0 saturated carbocycles. The third-order valence-electron chi connectivity index (χ3n) is 9.33. The Morgan fingerprint density at radius 2 is 1.06 bits per heavy atom. The minimum atomic E-state index is -0.216. The second-order valence-electron chi connectivity index (χ2n) is 12.6. The van der Waals surface area contributed by atoms with E-state index in [0.29, 0.717) is 22.3 Å². The molecule has 8 rings (SSSR count). The van der Waals surface area contributed by atoms with Crippen LogP contribution >= 0.6 is 45.3 Å². The van der Waals surface area contributed by atoms with Crippen molar-refractivity contribution in [1.82, 2.24) is 0 Å². The number of anilines is 2. The summed E-state index contributed by atoms with van der Waals surface area (Å²) >= 11 is 6.30. The number of nitrogens with zero attached hydrogens (tertiary/aromatic N) is 4. The van der Waals surface area contributed by atoms with E-state index in [1.807, 2.05) is 83.6 Å². The molecule has 2 amide bonds. The fourth-order valence-electron chi connectivity index (χ4n) is 6.79. The van der Waals surface area contributed by atoms with Crippen LogP contribution in [0.15, 0.2) is 83.6 Å². The van der Waals surface area contributed by atoms with Gasteiger partial charge >= 0.3 is 0 Å². The van der Waals surface area contributed by atoms with E-state index >= 15 is 0 Å². The summed E-state index contributed by atoms with van der Waals surface area (Å²) in [5.74, 6) is -0.432. The van der Waals surface area contributed by atoms with Crippen LogP contribution in [0.5, 0.6) is 0 Å². The van der Waals surface area contributed by atoms with Crippen LogP contribution in [-0.4, -0.2) is 25.9 Å². The van der Waals surface area contributed by atoms with Crippen molar-refractivity contribution >= 4 is 103 Å². The van der Waals surface area contributed by atoms with Gasteiger partial charge < -0.3 is 9.80 Å². The highest BCUT2D eigenvalue weighted by Crippen LogP contribution is 2.49. The molecule has 0 radical (unpaired) electrons. The van der Waals surface area contributed by atoms with E-state index in [9.17, 15) is 20.1 Å². The molecule has 0 N–H and O–H groups in total. The zero-order chi connectivity index (χ0) is 36.3. The molecule has 0 bridgehead atoms. The lowest BCUT2D eigenvalue weighted by Gasteiger charge is -2.11. The molecule has 52 heavy (non-hydrogen) atoms. The molecule has 0 aliphatic carbocycles. The lowest BCUT2D eigenvalue weighted by atomic mass is 9.94. The van der Waals surface area contributed by atoms with E-state index in [1.165, 1.54) is 0 Å². The predicted octanol–water partition coefficient (Wildman–Crippen LogP) is 10.9. The molecule has 2 aliphatic heterocycles. The highest BCUT2D eigenvalue weighted by Gasteiger charge is 2.40. The summed E-state index contributed by atoms with van der Waals surface area (Å²) in [5.41, 5.74) is 9.14. The number of hydrogen-bond acceptors (Lipinski definition) is 8. The highest BCUT2D eigenvalue weighted by molar-refractivity contribution is 7.17. The van der Waals surface area contributed by atoms with Gasteiger partial charge in [-0.2, -0.15) is 10.5 Å². The zero-order valence-electron chi connectivity index (χ0n) is 28.5. The average molecular weight is 749 g/mol. The molecule has 4 aromatic heterocycles. The number of likely N-dealkylation sites (N-methyl/N-ethyl adjacent to an activating group) is 2. The number of amides is 2. The Bertz CT molecular complexity index is 2450. The van der Waals surface area contributed by atoms with E-state index in [-0.39, 0.29) is 11.8 Å². The number of benzene rings is 2. The molecule has 6 aromatic rings. The summed E-state index contributed by atoms with van der Waals surface area (Å²) in [5, 5.41) is 23.5. The fourth-order valence-corrected chi connectivity index (χ4v) is 10.4. The van der Waals surface area contributed by atoms with E-state index in [2.05, 4.69) is 38.1 Å². The third kappa shape index (κ3) is 5.58. The van der Waals surface area contributed by atoms with Crippen molar-refractivity contribution in [3.63, 3.8) is 0 Å². The van der Waals surface area contributed by atoms with Crippen LogP contribution < -0.4 is 9.80 Å². The molecular weight excluding hydrogens is 721 g/mol. The van der Waals surface area contributed by atoms with Crippen molar-refractivity contribution in [2.45, 2.75) is 13.8 Å². The molecule has 2 aliphatic rings. The maximum Gasteiger partial charge on any atom is 0.259 e. The first kappa shape index (κ1) is 33.5. The Morgan fingerprint density at radius 1 is 0.635 bits per heavy atom. The van der Waals surface area contributed by atoms with Crippen molar-refractivity contribution < 1.29 is 9.59 Å². The standard InChI is InChI=1S/C42H28N4O2S4/c1-23-15-29(17-27(21-43)35-7-5-13-49-35)51-39(23)25-9-11-31-33(19-25)45(3)41(47)37(31)38-32-12-10-26(20-34(32)46(4)42(38)48)40-24(2)16-30(52-40)18-28(22-44)36-8-6-14-50-36/h5-20H,1-4H3/b27-17+,28-18+,38-37+. The molecule has 2 aromatic carbocycles. The van der Waals surface area contributed by atoms with Crippen LogP contribution in [0.25, 0.3) is 55.3 Å². The van der Waals surface area contributed by atoms with Crippen molar-refractivity contribution in [1.29, 1.82) is 10.5 Å². The molecule has 0 spiro atoms. The van der Waals surface area contributed by atoms with Crippen LogP contribution in [0.2, 0.25) is 0 Å². The van der Waals surface area contributed by atoms with Crippen molar-refractivity contribution in [2.75, 3.05) is 23.9 Å². The largest absolute Gasteiger partial charge is 0.311 e. The van der Waals surface area contributed by atoms with Crippen LogP contribution in [0.1, 0.15) is 41.8 Å². The van der Waals surface area contributed by atoms with Gasteiger partial charge in [0.2, 0.25) is 0 Å². The number of hydrogen-bond donors (Lipinski definition) is 0. The molecule has 0 atom stereocenters. The lowest BCUT2D eigenvalue weighted by molar-refractivity contribution is -0.114. The van der Waals surface area contributed by atoms with Gasteiger partial charge in [-0.25, -0.2) is 0 Å². The Kier molecular flexibility index (Phi) is 8.49. The summed E-state index contributed by atoms with van der Waals surface area (Å²) in [6.45, 7) is 4.11. The maximum absolute atomic E-state index is 14.0. The topological polar surface area (TPSA) is 88.2 Å². The molecule has 0 saturated heterocycles. The van der Waals surface area contributed by atoms with Gasteiger partial charge in [0.1, 0.15) is 12.1 Å².